The number of benzene rings is 1. The molecule has 0 fully saturated rings. The summed E-state index contributed by atoms with van der Waals surface area (Å²) in [7, 11) is 1.20. The number of nitrogens with zero attached hydrogens (tertiary/aromatic N) is 1. The molecule has 0 aliphatic heterocycles. The van der Waals surface area contributed by atoms with Gasteiger partial charge < -0.3 is 10.1 Å². The number of esters is 1. The summed E-state index contributed by atoms with van der Waals surface area (Å²) in [6.07, 6.45) is 1.20. The van der Waals surface area contributed by atoms with Crippen LogP contribution in [0.15, 0.2) is 18.2 Å². The summed E-state index contributed by atoms with van der Waals surface area (Å²) >= 11 is 0. The van der Waals surface area contributed by atoms with Crippen LogP contribution in [0.4, 0.5) is 10.1 Å². The lowest BCUT2D eigenvalue weighted by Crippen LogP contribution is -2.35. The van der Waals surface area contributed by atoms with E-state index in [1.165, 1.54) is 19.2 Å². The van der Waals surface area contributed by atoms with Gasteiger partial charge in [-0.1, -0.05) is 13.8 Å². The lowest BCUT2D eigenvalue weighted by Gasteiger charge is -2.26. The number of hydrogen-bond acceptors (Lipinski definition) is 4. The van der Waals surface area contributed by atoms with Crippen LogP contribution >= 0.6 is 0 Å². The largest absolute Gasteiger partial charge is 0.465 e. The number of hydrogen-bond donors (Lipinski definition) is 1. The number of methoxy groups -OCH3 is 1. The van der Waals surface area contributed by atoms with Gasteiger partial charge in [0.05, 0.1) is 18.7 Å². The summed E-state index contributed by atoms with van der Waals surface area (Å²) < 4.78 is 18.2. The van der Waals surface area contributed by atoms with Crippen molar-refractivity contribution < 1.29 is 13.9 Å². The predicted octanol–water partition coefficient (Wildman–Crippen LogP) is 3.11. The number of carbonyl (C=O) groups excluding carboxylic acids is 1. The number of anilines is 1. The summed E-state index contributed by atoms with van der Waals surface area (Å²) in [5.74, 6) is -1.39. The van der Waals surface area contributed by atoms with Gasteiger partial charge in [0, 0.05) is 5.69 Å². The Labute approximate surface area is 112 Å². The Bertz CT molecular complexity index is 505. The molecule has 0 aromatic heterocycles. The van der Waals surface area contributed by atoms with Crippen molar-refractivity contribution in [2.45, 2.75) is 32.2 Å². The third kappa shape index (κ3) is 3.22. The standard InChI is InChI=1S/C14H17FN2O2/c1-4-14(5-2,9-16)17-10-6-7-11(12(15)8-10)13(18)19-3/h6-8,17H,4-5H2,1-3H3. The smallest absolute Gasteiger partial charge is 0.340 e. The van der Waals surface area contributed by atoms with Crippen LogP contribution in [0.2, 0.25) is 0 Å². The van der Waals surface area contributed by atoms with Crippen LogP contribution in [0.25, 0.3) is 0 Å². The van der Waals surface area contributed by atoms with Crippen molar-refractivity contribution in [3.63, 3.8) is 0 Å². The summed E-state index contributed by atoms with van der Waals surface area (Å²) in [4.78, 5) is 11.3. The first-order valence-electron chi connectivity index (χ1n) is 6.09. The quantitative estimate of drug-likeness (QED) is 0.830. The maximum absolute atomic E-state index is 13.8. The summed E-state index contributed by atoms with van der Waals surface area (Å²) in [6, 6.07) is 6.31. The van der Waals surface area contributed by atoms with E-state index in [9.17, 15) is 14.4 Å². The number of ether oxygens (including phenoxy) is 1. The summed E-state index contributed by atoms with van der Waals surface area (Å²) in [5, 5.41) is 12.2. The van der Waals surface area contributed by atoms with Crippen LogP contribution < -0.4 is 5.32 Å². The van der Waals surface area contributed by atoms with Crippen molar-refractivity contribution in [2.75, 3.05) is 12.4 Å². The zero-order valence-corrected chi connectivity index (χ0v) is 11.3. The predicted molar refractivity (Wildman–Crippen MR) is 70.3 cm³/mol. The Hall–Kier alpha value is -2.09. The van der Waals surface area contributed by atoms with Crippen molar-refractivity contribution in [2.24, 2.45) is 0 Å². The fourth-order valence-corrected chi connectivity index (χ4v) is 1.76. The molecule has 4 nitrogen and oxygen atoms in total. The Morgan fingerprint density at radius 1 is 1.47 bits per heavy atom. The highest BCUT2D eigenvalue weighted by atomic mass is 19.1. The maximum Gasteiger partial charge on any atom is 0.340 e. The minimum absolute atomic E-state index is 0.122. The molecule has 0 unspecified atom stereocenters. The first kappa shape index (κ1) is 15.0. The van der Waals surface area contributed by atoms with Gasteiger partial charge in [-0.2, -0.15) is 5.26 Å². The summed E-state index contributed by atoms with van der Waals surface area (Å²) in [6.45, 7) is 3.78. The molecule has 0 saturated heterocycles. The molecular weight excluding hydrogens is 247 g/mol. The fourth-order valence-electron chi connectivity index (χ4n) is 1.76. The minimum Gasteiger partial charge on any atom is -0.465 e. The lowest BCUT2D eigenvalue weighted by atomic mass is 9.94. The number of nitrogens with one attached hydrogen (secondary N) is 1. The van der Waals surface area contributed by atoms with Gasteiger partial charge >= 0.3 is 5.97 Å². The molecule has 5 heteroatoms. The van der Waals surface area contributed by atoms with E-state index in [0.29, 0.717) is 18.5 Å². The molecule has 1 aromatic carbocycles. The highest BCUT2D eigenvalue weighted by Crippen LogP contribution is 2.23. The number of rotatable bonds is 5. The molecule has 0 saturated carbocycles. The Balaban J connectivity index is 3.02. The SMILES string of the molecule is CCC(C#N)(CC)Nc1ccc(C(=O)OC)c(F)c1. The van der Waals surface area contributed by atoms with Gasteiger partial charge in [0.2, 0.25) is 0 Å². The van der Waals surface area contributed by atoms with Crippen molar-refractivity contribution in [3.8, 4) is 6.07 Å². The normalized spacial score (nSPS) is 10.7. The lowest BCUT2D eigenvalue weighted by molar-refractivity contribution is 0.0595. The first-order valence-corrected chi connectivity index (χ1v) is 6.09. The van der Waals surface area contributed by atoms with Crippen LogP contribution in [-0.4, -0.2) is 18.6 Å². The molecular formula is C14H17FN2O2. The van der Waals surface area contributed by atoms with Crippen LogP contribution in [0.3, 0.4) is 0 Å². The van der Waals surface area contributed by atoms with Gasteiger partial charge in [-0.15, -0.1) is 0 Å². The van der Waals surface area contributed by atoms with E-state index in [4.69, 9.17) is 0 Å². The monoisotopic (exact) mass is 264 g/mol. The van der Waals surface area contributed by atoms with Crippen molar-refractivity contribution >= 4 is 11.7 Å². The Morgan fingerprint density at radius 2 is 2.11 bits per heavy atom. The van der Waals surface area contributed by atoms with Gasteiger partial charge in [-0.25, -0.2) is 9.18 Å². The number of carbonyl (C=O) groups is 1. The number of nitriles is 1. The van der Waals surface area contributed by atoms with E-state index in [1.54, 1.807) is 6.07 Å². The molecule has 0 amide bonds. The van der Waals surface area contributed by atoms with E-state index in [2.05, 4.69) is 16.1 Å². The second kappa shape index (κ2) is 6.19. The van der Waals surface area contributed by atoms with E-state index in [1.807, 2.05) is 13.8 Å². The molecule has 0 radical (unpaired) electrons. The van der Waals surface area contributed by atoms with Crippen molar-refractivity contribution in [3.05, 3.63) is 29.6 Å². The van der Waals surface area contributed by atoms with Crippen LogP contribution in [0, 0.1) is 17.1 Å². The van der Waals surface area contributed by atoms with Crippen LogP contribution in [0.5, 0.6) is 0 Å². The molecule has 0 spiro atoms. The molecule has 0 bridgehead atoms. The minimum atomic E-state index is -0.723. The van der Waals surface area contributed by atoms with Gasteiger partial charge in [-0.05, 0) is 31.0 Å². The second-order valence-corrected chi connectivity index (χ2v) is 4.21. The van der Waals surface area contributed by atoms with Crippen molar-refractivity contribution in [1.82, 2.24) is 0 Å². The zero-order valence-electron chi connectivity index (χ0n) is 11.3. The molecule has 0 aliphatic carbocycles. The molecule has 1 rings (SSSR count). The third-order valence-electron chi connectivity index (χ3n) is 3.18. The van der Waals surface area contributed by atoms with Gasteiger partial charge in [0.25, 0.3) is 0 Å². The van der Waals surface area contributed by atoms with E-state index < -0.39 is 17.3 Å². The van der Waals surface area contributed by atoms with E-state index in [0.717, 1.165) is 0 Å². The number of halogens is 1. The molecule has 1 aromatic rings. The molecule has 0 atom stereocenters. The highest BCUT2D eigenvalue weighted by Gasteiger charge is 2.25. The van der Waals surface area contributed by atoms with Crippen LogP contribution in [0.1, 0.15) is 37.0 Å². The van der Waals surface area contributed by atoms with E-state index >= 15 is 0 Å². The summed E-state index contributed by atoms with van der Waals surface area (Å²) in [5.41, 5.74) is -0.377. The zero-order chi connectivity index (χ0) is 14.5. The van der Waals surface area contributed by atoms with Crippen LogP contribution in [-0.2, 0) is 4.74 Å². The molecule has 0 heterocycles. The third-order valence-corrected chi connectivity index (χ3v) is 3.18. The van der Waals surface area contributed by atoms with Gasteiger partial charge in [0.15, 0.2) is 0 Å². The fraction of sp³-hybridized carbons (Fsp3) is 0.429. The van der Waals surface area contributed by atoms with Gasteiger partial charge in [0.1, 0.15) is 11.4 Å². The first-order chi connectivity index (χ1) is 9.01. The molecule has 19 heavy (non-hydrogen) atoms. The Morgan fingerprint density at radius 3 is 2.53 bits per heavy atom. The average molecular weight is 264 g/mol. The van der Waals surface area contributed by atoms with Gasteiger partial charge in [-0.3, -0.25) is 0 Å². The van der Waals surface area contributed by atoms with Crippen molar-refractivity contribution in [1.29, 1.82) is 5.26 Å². The van der Waals surface area contributed by atoms with E-state index in [-0.39, 0.29) is 5.56 Å². The maximum atomic E-state index is 13.8. The Kier molecular flexibility index (Phi) is 4.87. The molecule has 0 aliphatic rings. The molecule has 102 valence electrons. The molecule has 1 N–H and O–H groups in total. The average Bonchev–Trinajstić information content (AvgIpc) is 2.44. The second-order valence-electron chi connectivity index (χ2n) is 4.21. The topological polar surface area (TPSA) is 62.1 Å². The highest BCUT2D eigenvalue weighted by molar-refractivity contribution is 5.90.